The van der Waals surface area contributed by atoms with Crippen LogP contribution in [0.3, 0.4) is 0 Å². The van der Waals surface area contributed by atoms with Crippen LogP contribution in [0.5, 0.6) is 0 Å². The van der Waals surface area contributed by atoms with Crippen molar-refractivity contribution in [2.75, 3.05) is 32.0 Å². The van der Waals surface area contributed by atoms with Crippen LogP contribution in [-0.4, -0.2) is 48.6 Å². The van der Waals surface area contributed by atoms with Gasteiger partial charge in [-0.25, -0.2) is 4.79 Å². The quantitative estimate of drug-likeness (QED) is 0.920. The van der Waals surface area contributed by atoms with E-state index in [9.17, 15) is 4.79 Å². The molecule has 2 atom stereocenters. The molecule has 1 fully saturated rings. The number of nitrogens with zero attached hydrogens (tertiary/aromatic N) is 2. The van der Waals surface area contributed by atoms with E-state index >= 15 is 0 Å². The Bertz CT molecular complexity index is 547. The number of carbonyl (C=O) groups excluding carboxylic acids is 1. The molecule has 0 saturated carbocycles. The third-order valence-electron chi connectivity index (χ3n) is 5.12. The molecule has 1 aliphatic heterocycles. The molecule has 1 aliphatic rings. The first-order valence-electron chi connectivity index (χ1n) is 8.67. The lowest BCUT2D eigenvalue weighted by Crippen LogP contribution is -2.51. The van der Waals surface area contributed by atoms with Gasteiger partial charge in [0, 0.05) is 31.9 Å². The molecular weight excluding hydrogens is 286 g/mol. The van der Waals surface area contributed by atoms with Crippen molar-refractivity contribution >= 4 is 11.7 Å². The van der Waals surface area contributed by atoms with Crippen LogP contribution in [0.25, 0.3) is 0 Å². The Morgan fingerprint density at radius 2 is 1.91 bits per heavy atom. The molecule has 0 bridgehead atoms. The van der Waals surface area contributed by atoms with Crippen LogP contribution in [0, 0.1) is 26.7 Å². The number of rotatable bonds is 3. The van der Waals surface area contributed by atoms with E-state index in [1.54, 1.807) is 0 Å². The smallest absolute Gasteiger partial charge is 0.321 e. The summed E-state index contributed by atoms with van der Waals surface area (Å²) in [5.41, 5.74) is 4.43. The Kier molecular flexibility index (Phi) is 5.69. The zero-order chi connectivity index (χ0) is 17.1. The number of piperidine rings is 1. The maximum Gasteiger partial charge on any atom is 0.321 e. The van der Waals surface area contributed by atoms with Crippen molar-refractivity contribution in [1.82, 2.24) is 9.80 Å². The standard InChI is InChI=1S/C19H31N3O/c1-7-22-9-8-17(16(5)12-22)21(6)19(23)20-18-14(3)10-13(2)11-15(18)4/h10-11,16-17H,7-9,12H2,1-6H3,(H,20,23)/t16-,17+/m1/s1. The number of hydrogen-bond donors (Lipinski definition) is 1. The van der Waals surface area contributed by atoms with Crippen molar-refractivity contribution in [1.29, 1.82) is 0 Å². The lowest BCUT2D eigenvalue weighted by molar-refractivity contribution is 0.101. The maximum atomic E-state index is 12.7. The summed E-state index contributed by atoms with van der Waals surface area (Å²) < 4.78 is 0. The van der Waals surface area contributed by atoms with E-state index in [1.165, 1.54) is 5.56 Å². The van der Waals surface area contributed by atoms with Gasteiger partial charge in [0.05, 0.1) is 0 Å². The van der Waals surface area contributed by atoms with Gasteiger partial charge in [-0.3, -0.25) is 0 Å². The van der Waals surface area contributed by atoms with Gasteiger partial charge in [0.1, 0.15) is 0 Å². The van der Waals surface area contributed by atoms with Crippen molar-refractivity contribution in [3.8, 4) is 0 Å². The summed E-state index contributed by atoms with van der Waals surface area (Å²) in [6.45, 7) is 13.9. The fourth-order valence-corrected chi connectivity index (χ4v) is 3.81. The van der Waals surface area contributed by atoms with Crippen LogP contribution in [0.1, 0.15) is 37.0 Å². The van der Waals surface area contributed by atoms with Crippen molar-refractivity contribution in [3.63, 3.8) is 0 Å². The molecule has 0 aliphatic carbocycles. The van der Waals surface area contributed by atoms with Gasteiger partial charge in [0.25, 0.3) is 0 Å². The average Bonchev–Trinajstić information content (AvgIpc) is 2.49. The van der Waals surface area contributed by atoms with Crippen LogP contribution in [0.15, 0.2) is 12.1 Å². The molecule has 0 unspecified atom stereocenters. The minimum Gasteiger partial charge on any atom is -0.324 e. The molecule has 0 radical (unpaired) electrons. The number of nitrogens with one attached hydrogen (secondary N) is 1. The number of anilines is 1. The molecule has 4 nitrogen and oxygen atoms in total. The molecule has 2 amide bonds. The molecule has 128 valence electrons. The van der Waals surface area contributed by atoms with Crippen molar-refractivity contribution in [2.24, 2.45) is 5.92 Å². The number of likely N-dealkylation sites (tertiary alicyclic amines) is 1. The van der Waals surface area contributed by atoms with Crippen LogP contribution < -0.4 is 5.32 Å². The van der Waals surface area contributed by atoms with Gasteiger partial charge in [-0.15, -0.1) is 0 Å². The monoisotopic (exact) mass is 317 g/mol. The summed E-state index contributed by atoms with van der Waals surface area (Å²) in [4.78, 5) is 17.1. The van der Waals surface area contributed by atoms with Gasteiger partial charge in [-0.05, 0) is 50.8 Å². The highest BCUT2D eigenvalue weighted by atomic mass is 16.2. The van der Waals surface area contributed by atoms with E-state index in [0.29, 0.717) is 12.0 Å². The van der Waals surface area contributed by atoms with Crippen molar-refractivity contribution in [3.05, 3.63) is 28.8 Å². The first-order valence-corrected chi connectivity index (χ1v) is 8.67. The number of benzene rings is 1. The highest BCUT2D eigenvalue weighted by molar-refractivity contribution is 5.91. The SMILES string of the molecule is CCN1CC[C@H](N(C)C(=O)Nc2c(C)cc(C)cc2C)[C@H](C)C1. The van der Waals surface area contributed by atoms with Gasteiger partial charge >= 0.3 is 6.03 Å². The maximum absolute atomic E-state index is 12.7. The average molecular weight is 317 g/mol. The van der Waals surface area contributed by atoms with E-state index in [1.807, 2.05) is 11.9 Å². The molecule has 4 heteroatoms. The van der Waals surface area contributed by atoms with E-state index in [0.717, 1.165) is 42.9 Å². The Labute approximate surface area is 140 Å². The number of hydrogen-bond acceptors (Lipinski definition) is 2. The van der Waals surface area contributed by atoms with E-state index in [2.05, 4.69) is 57.0 Å². The number of amides is 2. The van der Waals surface area contributed by atoms with Crippen molar-refractivity contribution in [2.45, 2.75) is 47.1 Å². The lowest BCUT2D eigenvalue weighted by atomic mass is 9.93. The zero-order valence-corrected chi connectivity index (χ0v) is 15.4. The van der Waals surface area contributed by atoms with Gasteiger partial charge in [-0.1, -0.05) is 31.5 Å². The molecule has 23 heavy (non-hydrogen) atoms. The second-order valence-corrected chi connectivity index (χ2v) is 7.04. The lowest BCUT2D eigenvalue weighted by Gasteiger charge is -2.41. The summed E-state index contributed by atoms with van der Waals surface area (Å²) in [5.74, 6) is 0.500. The predicted octanol–water partition coefficient (Wildman–Crippen LogP) is 3.81. The van der Waals surface area contributed by atoms with Crippen LogP contribution >= 0.6 is 0 Å². The second kappa shape index (κ2) is 7.35. The second-order valence-electron chi connectivity index (χ2n) is 7.04. The number of aryl methyl sites for hydroxylation is 3. The molecule has 1 heterocycles. The zero-order valence-electron chi connectivity index (χ0n) is 15.4. The van der Waals surface area contributed by atoms with Gasteiger partial charge in [0.15, 0.2) is 0 Å². The molecule has 1 aromatic rings. The Morgan fingerprint density at radius 3 is 2.43 bits per heavy atom. The highest BCUT2D eigenvalue weighted by Gasteiger charge is 2.30. The first-order chi connectivity index (χ1) is 10.8. The minimum atomic E-state index is 0.00171. The summed E-state index contributed by atoms with van der Waals surface area (Å²) in [7, 11) is 1.93. The third-order valence-corrected chi connectivity index (χ3v) is 5.12. The molecule has 2 rings (SSSR count). The van der Waals surface area contributed by atoms with Gasteiger partial charge < -0.3 is 15.1 Å². The molecule has 1 aromatic carbocycles. The predicted molar refractivity (Wildman–Crippen MR) is 97.1 cm³/mol. The Balaban J connectivity index is 2.06. The van der Waals surface area contributed by atoms with E-state index in [4.69, 9.17) is 0 Å². The first kappa shape index (κ1) is 17.8. The van der Waals surface area contributed by atoms with Crippen LogP contribution in [0.4, 0.5) is 10.5 Å². The summed E-state index contributed by atoms with van der Waals surface area (Å²) in [5, 5.41) is 3.12. The summed E-state index contributed by atoms with van der Waals surface area (Å²) in [6.07, 6.45) is 1.05. The topological polar surface area (TPSA) is 35.6 Å². The summed E-state index contributed by atoms with van der Waals surface area (Å²) in [6, 6.07) is 4.54. The normalized spacial score (nSPS) is 22.0. The van der Waals surface area contributed by atoms with Crippen LogP contribution in [0.2, 0.25) is 0 Å². The molecule has 1 N–H and O–H groups in total. The van der Waals surface area contributed by atoms with Gasteiger partial charge in [0.2, 0.25) is 0 Å². The Hall–Kier alpha value is -1.55. The molecule has 0 spiro atoms. The minimum absolute atomic E-state index is 0.00171. The van der Waals surface area contributed by atoms with E-state index < -0.39 is 0 Å². The van der Waals surface area contributed by atoms with Gasteiger partial charge in [-0.2, -0.15) is 0 Å². The number of carbonyl (C=O) groups is 1. The fourth-order valence-electron chi connectivity index (χ4n) is 3.81. The fraction of sp³-hybridized carbons (Fsp3) is 0.632. The molecule has 0 aromatic heterocycles. The third kappa shape index (κ3) is 4.05. The van der Waals surface area contributed by atoms with Crippen molar-refractivity contribution < 1.29 is 4.79 Å². The highest BCUT2D eigenvalue weighted by Crippen LogP contribution is 2.25. The Morgan fingerprint density at radius 1 is 1.30 bits per heavy atom. The summed E-state index contributed by atoms with van der Waals surface area (Å²) >= 11 is 0. The largest absolute Gasteiger partial charge is 0.324 e. The number of urea groups is 1. The van der Waals surface area contributed by atoms with Crippen LogP contribution in [-0.2, 0) is 0 Å². The molecular formula is C19H31N3O. The molecule has 1 saturated heterocycles. The van der Waals surface area contributed by atoms with E-state index in [-0.39, 0.29) is 6.03 Å².